The number of rotatable bonds is 6. The topological polar surface area (TPSA) is 122 Å². The first kappa shape index (κ1) is 29.3. The first-order valence-corrected chi connectivity index (χ1v) is 17.8. The number of carboxylic acids is 1. The summed E-state index contributed by atoms with van der Waals surface area (Å²) in [6.45, 7) is 4.18. The largest absolute Gasteiger partial charge is 0.477 e. The molecule has 7 rings (SSSR count). The number of carbonyl (C=O) groups is 2. The summed E-state index contributed by atoms with van der Waals surface area (Å²) in [5.74, 6) is -1.38. The molecule has 9 nitrogen and oxygen atoms in total. The molecule has 1 saturated heterocycles. The van der Waals surface area contributed by atoms with Crippen molar-refractivity contribution in [3.05, 3.63) is 82.3 Å². The molecule has 0 radical (unpaired) electrons. The number of carbonyl (C=O) groups excluding carboxylic acids is 1. The van der Waals surface area contributed by atoms with Gasteiger partial charge >= 0.3 is 5.97 Å². The summed E-state index contributed by atoms with van der Waals surface area (Å²) in [5, 5.41) is 11.8. The number of carboxylic acid groups (broad SMARTS) is 1. The Morgan fingerprint density at radius 1 is 0.911 bits per heavy atom. The maximum atomic E-state index is 13.7. The number of hydrogen-bond donors (Lipinski definition) is 1. The van der Waals surface area contributed by atoms with E-state index in [1.54, 1.807) is 22.3 Å². The van der Waals surface area contributed by atoms with Crippen molar-refractivity contribution in [1.29, 1.82) is 0 Å². The highest BCUT2D eigenvalue weighted by Crippen LogP contribution is 2.45. The number of hydrogen-bond acceptors (Lipinski definition) is 8. The number of amides is 1. The molecule has 1 N–H and O–H groups in total. The summed E-state index contributed by atoms with van der Waals surface area (Å²) in [5.41, 5.74) is 6.67. The van der Waals surface area contributed by atoms with E-state index in [0.29, 0.717) is 5.52 Å². The lowest BCUT2D eigenvalue weighted by Crippen LogP contribution is -2.45. The molecule has 0 spiro atoms. The Balaban J connectivity index is 1.40. The van der Waals surface area contributed by atoms with E-state index in [4.69, 9.17) is 4.98 Å². The number of benzene rings is 2. The molecule has 2 aromatic carbocycles. The van der Waals surface area contributed by atoms with Gasteiger partial charge in [-0.05, 0) is 49.2 Å². The van der Waals surface area contributed by atoms with Crippen molar-refractivity contribution in [2.45, 2.75) is 20.4 Å². The van der Waals surface area contributed by atoms with E-state index in [-0.39, 0.29) is 41.9 Å². The minimum absolute atomic E-state index is 0.0618. The Hall–Kier alpha value is -4.39. The Kier molecular flexibility index (Phi) is 7.30. The zero-order chi connectivity index (χ0) is 31.5. The first-order valence-electron chi connectivity index (χ1n) is 14.4. The average molecular weight is 657 g/mol. The predicted octanol–water partition coefficient (Wildman–Crippen LogP) is 6.28. The smallest absolute Gasteiger partial charge is 0.345 e. The minimum atomic E-state index is -3.16. The number of aromatic nitrogens is 3. The second-order valence-electron chi connectivity index (χ2n) is 11.1. The third kappa shape index (κ3) is 5.43. The minimum Gasteiger partial charge on any atom is -0.477 e. The zero-order valence-corrected chi connectivity index (χ0v) is 26.9. The molecule has 1 aliphatic rings. The molecule has 0 unspecified atom stereocenters. The maximum absolute atomic E-state index is 13.7. The first-order chi connectivity index (χ1) is 21.6. The van der Waals surface area contributed by atoms with Crippen LogP contribution in [0.3, 0.4) is 0 Å². The number of nitrogens with zero attached hydrogens (tertiary/aromatic N) is 4. The van der Waals surface area contributed by atoms with Crippen molar-refractivity contribution < 1.29 is 23.1 Å². The molecule has 0 saturated carbocycles. The fraction of sp³-hybridized carbons (Fsp3) is 0.212. The lowest BCUT2D eigenvalue weighted by Gasteiger charge is -2.27. The Bertz CT molecular complexity index is 2240. The average Bonchev–Trinajstić information content (AvgIpc) is 3.69. The molecule has 45 heavy (non-hydrogen) atoms. The summed E-state index contributed by atoms with van der Waals surface area (Å²) >= 11 is 2.80. The molecule has 12 heteroatoms. The molecule has 0 aliphatic carbocycles. The van der Waals surface area contributed by atoms with Gasteiger partial charge in [0, 0.05) is 24.0 Å². The highest BCUT2D eigenvalue weighted by Gasteiger charge is 2.29. The van der Waals surface area contributed by atoms with Crippen LogP contribution in [0.4, 0.5) is 0 Å². The van der Waals surface area contributed by atoms with Crippen LogP contribution in [0.1, 0.15) is 20.4 Å². The van der Waals surface area contributed by atoms with Gasteiger partial charge in [0.2, 0.25) is 5.91 Å². The van der Waals surface area contributed by atoms with Crippen molar-refractivity contribution in [1.82, 2.24) is 19.4 Å². The lowest BCUT2D eigenvalue weighted by molar-refractivity contribution is -0.131. The number of pyridine rings is 1. The summed E-state index contributed by atoms with van der Waals surface area (Å²) < 4.78 is 26.7. The van der Waals surface area contributed by atoms with Crippen LogP contribution in [0.15, 0.2) is 66.7 Å². The van der Waals surface area contributed by atoms with Crippen LogP contribution in [0, 0.1) is 13.8 Å². The quantitative estimate of drug-likeness (QED) is 0.224. The van der Waals surface area contributed by atoms with Gasteiger partial charge in [0.15, 0.2) is 9.84 Å². The van der Waals surface area contributed by atoms with Crippen LogP contribution in [0.25, 0.3) is 54.1 Å². The van der Waals surface area contributed by atoms with E-state index in [1.807, 2.05) is 73.0 Å². The van der Waals surface area contributed by atoms with E-state index in [0.717, 1.165) is 59.3 Å². The van der Waals surface area contributed by atoms with Gasteiger partial charge in [-0.15, -0.1) is 22.7 Å². The molecule has 0 bridgehead atoms. The fourth-order valence-electron chi connectivity index (χ4n) is 5.93. The van der Waals surface area contributed by atoms with Crippen LogP contribution in [0.2, 0.25) is 0 Å². The molecule has 5 heterocycles. The number of fused-ring (bicyclic) bond motifs is 2. The molecule has 1 aliphatic heterocycles. The number of aryl methyl sites for hydroxylation is 2. The van der Waals surface area contributed by atoms with E-state index in [1.165, 1.54) is 11.3 Å². The molecule has 4 aromatic heterocycles. The van der Waals surface area contributed by atoms with Crippen molar-refractivity contribution >= 4 is 65.5 Å². The van der Waals surface area contributed by atoms with Gasteiger partial charge in [-0.1, -0.05) is 42.5 Å². The van der Waals surface area contributed by atoms with E-state index < -0.39 is 15.8 Å². The number of sulfone groups is 1. The van der Waals surface area contributed by atoms with Gasteiger partial charge in [-0.2, -0.15) is 0 Å². The molecule has 6 aromatic rings. The lowest BCUT2D eigenvalue weighted by atomic mass is 10.00. The monoisotopic (exact) mass is 656 g/mol. The van der Waals surface area contributed by atoms with Gasteiger partial charge in [0.25, 0.3) is 0 Å². The molecule has 228 valence electrons. The van der Waals surface area contributed by atoms with Gasteiger partial charge in [0.1, 0.15) is 11.4 Å². The van der Waals surface area contributed by atoms with E-state index >= 15 is 0 Å². The number of thiazole rings is 1. The molecular weight excluding hydrogens is 629 g/mol. The van der Waals surface area contributed by atoms with Crippen LogP contribution in [0.5, 0.6) is 0 Å². The third-order valence-corrected chi connectivity index (χ3v) is 11.9. The highest BCUT2D eigenvalue weighted by atomic mass is 32.2. The van der Waals surface area contributed by atoms with Crippen molar-refractivity contribution in [2.24, 2.45) is 0 Å². The summed E-state index contributed by atoms with van der Waals surface area (Å²) in [6.07, 6.45) is 0. The fourth-order valence-corrected chi connectivity index (χ4v) is 9.09. The second kappa shape index (κ2) is 11.2. The van der Waals surface area contributed by atoms with Gasteiger partial charge in [-0.25, -0.2) is 23.2 Å². The van der Waals surface area contributed by atoms with Crippen LogP contribution >= 0.6 is 22.7 Å². The predicted molar refractivity (Wildman–Crippen MR) is 179 cm³/mol. The summed E-state index contributed by atoms with van der Waals surface area (Å²) in [4.78, 5) is 38.0. The third-order valence-electron chi connectivity index (χ3n) is 8.10. The number of thiophene rings is 1. The highest BCUT2D eigenvalue weighted by molar-refractivity contribution is 7.91. The second-order valence-corrected chi connectivity index (χ2v) is 15.6. The van der Waals surface area contributed by atoms with Crippen LogP contribution in [-0.2, 0) is 21.2 Å². The molecular formula is C33H28N4O5S3. The molecule has 0 atom stereocenters. The molecule has 1 fully saturated rings. The van der Waals surface area contributed by atoms with Gasteiger partial charge < -0.3 is 14.6 Å². The van der Waals surface area contributed by atoms with Crippen LogP contribution < -0.4 is 0 Å². The van der Waals surface area contributed by atoms with Crippen LogP contribution in [-0.4, -0.2) is 69.4 Å². The maximum Gasteiger partial charge on any atom is 0.345 e. The number of aromatic carboxylic acids is 1. The zero-order valence-electron chi connectivity index (χ0n) is 24.5. The van der Waals surface area contributed by atoms with Crippen molar-refractivity contribution in [3.63, 3.8) is 0 Å². The Morgan fingerprint density at radius 2 is 1.67 bits per heavy atom. The summed E-state index contributed by atoms with van der Waals surface area (Å²) in [7, 11) is -3.16. The summed E-state index contributed by atoms with van der Waals surface area (Å²) in [6, 6.07) is 21.4. The van der Waals surface area contributed by atoms with Crippen molar-refractivity contribution in [2.75, 3.05) is 24.6 Å². The van der Waals surface area contributed by atoms with E-state index in [2.05, 4.69) is 11.1 Å². The van der Waals surface area contributed by atoms with E-state index in [9.17, 15) is 23.1 Å². The molecule has 1 amide bonds. The van der Waals surface area contributed by atoms with Crippen molar-refractivity contribution in [3.8, 4) is 33.0 Å². The standard InChI is InChI=1S/C33H28N4O5S3/c1-19-31(43-20(2)34-19)25-11-8-22-16-23(9-10-24(22)35-25)30-29(21-6-4-3-5-7-21)32-26(17-27(44-32)33(39)40)37(30)18-28(38)36-12-14-45(41,42)15-13-36/h3-11,16-17H,12-15,18H2,1-2H3,(H,39,40). The van der Waals surface area contributed by atoms with Gasteiger partial charge in [-0.3, -0.25) is 4.79 Å². The SMILES string of the molecule is Cc1nc(C)c(-c2ccc3cc(-c4c(-c5ccccc5)c5sc(C(=O)O)cc5n4CC(=O)N4CCS(=O)(=O)CC4)ccc3n2)s1. The Morgan fingerprint density at radius 3 is 2.36 bits per heavy atom. The van der Waals surface area contributed by atoms with Gasteiger partial charge in [0.05, 0.1) is 54.2 Å². The normalized spacial score (nSPS) is 14.8. The Labute approximate surface area is 267 Å².